The van der Waals surface area contributed by atoms with Crippen LogP contribution in [0.5, 0.6) is 5.75 Å². The molecule has 1 fully saturated rings. The summed E-state index contributed by atoms with van der Waals surface area (Å²) < 4.78 is 5.33. The van der Waals surface area contributed by atoms with Crippen LogP contribution < -0.4 is 10.1 Å². The van der Waals surface area contributed by atoms with Gasteiger partial charge in [0.25, 0.3) is 0 Å². The topological polar surface area (TPSA) is 34.1 Å². The fraction of sp³-hybridized carbons (Fsp3) is 0.545. The molecule has 0 amide bonds. The molecule has 1 aromatic heterocycles. The van der Waals surface area contributed by atoms with E-state index in [0.29, 0.717) is 0 Å². The molecule has 0 aromatic carbocycles. The van der Waals surface area contributed by atoms with Crippen LogP contribution in [0.25, 0.3) is 0 Å². The number of aryl methyl sites for hydroxylation is 1. The van der Waals surface area contributed by atoms with Gasteiger partial charge >= 0.3 is 0 Å². The molecular weight excluding hydrogens is 176 g/mol. The summed E-state index contributed by atoms with van der Waals surface area (Å²) in [6, 6.07) is 2.74. The Balaban J connectivity index is 2.09. The number of rotatable bonds is 4. The molecule has 1 heterocycles. The third kappa shape index (κ3) is 2.04. The summed E-state index contributed by atoms with van der Waals surface area (Å²) in [5.74, 6) is 0.917. The summed E-state index contributed by atoms with van der Waals surface area (Å²) >= 11 is 0. The molecule has 0 unspecified atom stereocenters. The van der Waals surface area contributed by atoms with Gasteiger partial charge in [0.1, 0.15) is 5.75 Å². The van der Waals surface area contributed by atoms with E-state index in [1.165, 1.54) is 18.4 Å². The second kappa shape index (κ2) is 3.96. The van der Waals surface area contributed by atoms with Crippen LogP contribution in [0, 0.1) is 6.92 Å². The predicted octanol–water partition coefficient (Wildman–Crippen LogP) is 1.65. The molecule has 1 aliphatic rings. The molecule has 3 heteroatoms. The van der Waals surface area contributed by atoms with Crippen molar-refractivity contribution in [3.63, 3.8) is 0 Å². The van der Waals surface area contributed by atoms with E-state index in [9.17, 15) is 0 Å². The Hall–Kier alpha value is -1.09. The zero-order chi connectivity index (χ0) is 9.97. The molecular formula is C11H16N2O. The maximum absolute atomic E-state index is 5.33. The van der Waals surface area contributed by atoms with Crippen molar-refractivity contribution in [3.8, 4) is 5.75 Å². The zero-order valence-electron chi connectivity index (χ0n) is 8.71. The van der Waals surface area contributed by atoms with Gasteiger partial charge in [-0.1, -0.05) is 0 Å². The van der Waals surface area contributed by atoms with E-state index in [0.717, 1.165) is 24.0 Å². The molecule has 0 saturated heterocycles. The first kappa shape index (κ1) is 9.46. The summed E-state index contributed by atoms with van der Waals surface area (Å²) in [7, 11) is 1.70. The number of ether oxygens (including phenoxy) is 1. The minimum absolute atomic E-state index is 0.730. The monoisotopic (exact) mass is 192 g/mol. The number of nitrogens with one attached hydrogen (secondary N) is 1. The molecule has 0 bridgehead atoms. The molecule has 0 aliphatic heterocycles. The van der Waals surface area contributed by atoms with Gasteiger partial charge in [-0.3, -0.25) is 4.98 Å². The molecule has 14 heavy (non-hydrogen) atoms. The largest absolute Gasteiger partial charge is 0.495 e. The van der Waals surface area contributed by atoms with E-state index in [1.54, 1.807) is 7.11 Å². The highest BCUT2D eigenvalue weighted by atomic mass is 16.5. The van der Waals surface area contributed by atoms with Crippen molar-refractivity contribution in [3.05, 3.63) is 23.5 Å². The molecule has 1 N–H and O–H groups in total. The Morgan fingerprint density at radius 2 is 2.36 bits per heavy atom. The molecule has 1 aromatic rings. The molecule has 3 nitrogen and oxygen atoms in total. The maximum atomic E-state index is 5.33. The third-order valence-corrected chi connectivity index (χ3v) is 2.53. The fourth-order valence-electron chi connectivity index (χ4n) is 1.57. The normalized spacial score (nSPS) is 15.6. The van der Waals surface area contributed by atoms with Crippen LogP contribution in [-0.2, 0) is 6.54 Å². The second-order valence-electron chi connectivity index (χ2n) is 3.74. The van der Waals surface area contributed by atoms with E-state index < -0.39 is 0 Å². The molecule has 2 rings (SSSR count). The number of pyridine rings is 1. The van der Waals surface area contributed by atoms with Crippen LogP contribution in [-0.4, -0.2) is 18.1 Å². The Morgan fingerprint density at radius 1 is 1.57 bits per heavy atom. The predicted molar refractivity (Wildman–Crippen MR) is 55.4 cm³/mol. The minimum atomic E-state index is 0.730. The van der Waals surface area contributed by atoms with Gasteiger partial charge < -0.3 is 10.1 Å². The van der Waals surface area contributed by atoms with E-state index >= 15 is 0 Å². The van der Waals surface area contributed by atoms with Crippen molar-refractivity contribution >= 4 is 0 Å². The molecule has 1 aliphatic carbocycles. The molecule has 76 valence electrons. The number of hydrogen-bond acceptors (Lipinski definition) is 3. The fourth-order valence-corrected chi connectivity index (χ4v) is 1.57. The van der Waals surface area contributed by atoms with Crippen molar-refractivity contribution in [1.82, 2.24) is 10.3 Å². The quantitative estimate of drug-likeness (QED) is 0.787. The lowest BCUT2D eigenvalue weighted by Gasteiger charge is -2.10. The van der Waals surface area contributed by atoms with E-state index in [1.807, 2.05) is 19.2 Å². The van der Waals surface area contributed by atoms with Gasteiger partial charge in [-0.2, -0.15) is 0 Å². The summed E-state index contributed by atoms with van der Waals surface area (Å²) in [6.45, 7) is 2.86. The van der Waals surface area contributed by atoms with Gasteiger partial charge in [0.05, 0.1) is 12.8 Å². The third-order valence-electron chi connectivity index (χ3n) is 2.53. The van der Waals surface area contributed by atoms with Crippen LogP contribution in [0.1, 0.15) is 24.1 Å². The highest BCUT2D eigenvalue weighted by Gasteiger charge is 2.20. The first-order chi connectivity index (χ1) is 6.81. The van der Waals surface area contributed by atoms with Crippen molar-refractivity contribution in [1.29, 1.82) is 0 Å². The van der Waals surface area contributed by atoms with Crippen molar-refractivity contribution in [2.45, 2.75) is 32.4 Å². The van der Waals surface area contributed by atoms with Gasteiger partial charge in [0, 0.05) is 24.3 Å². The highest BCUT2D eigenvalue weighted by Crippen LogP contribution is 2.23. The molecule has 0 atom stereocenters. The average Bonchev–Trinajstić information content (AvgIpc) is 2.98. The lowest BCUT2D eigenvalue weighted by molar-refractivity contribution is 0.402. The van der Waals surface area contributed by atoms with Gasteiger partial charge in [-0.15, -0.1) is 0 Å². The highest BCUT2D eigenvalue weighted by molar-refractivity contribution is 5.36. The Bertz CT molecular complexity index is 321. The Labute approximate surface area is 84.5 Å². The van der Waals surface area contributed by atoms with Crippen LogP contribution in [0.4, 0.5) is 0 Å². The van der Waals surface area contributed by atoms with E-state index in [2.05, 4.69) is 10.3 Å². The number of nitrogens with zero attached hydrogens (tertiary/aromatic N) is 1. The molecule has 0 radical (unpaired) electrons. The Kier molecular flexibility index (Phi) is 2.68. The van der Waals surface area contributed by atoms with Crippen molar-refractivity contribution in [2.24, 2.45) is 0 Å². The van der Waals surface area contributed by atoms with Gasteiger partial charge in [0.15, 0.2) is 0 Å². The number of aromatic nitrogens is 1. The first-order valence-corrected chi connectivity index (χ1v) is 5.03. The number of methoxy groups -OCH3 is 1. The SMILES string of the molecule is COc1c(CNC2CC2)ccnc1C. The zero-order valence-corrected chi connectivity index (χ0v) is 8.71. The summed E-state index contributed by atoms with van der Waals surface area (Å²) in [5.41, 5.74) is 2.16. The standard InChI is InChI=1S/C11H16N2O/c1-8-11(14-2)9(5-6-12-8)7-13-10-3-4-10/h5-6,10,13H,3-4,7H2,1-2H3. The summed E-state index contributed by atoms with van der Waals surface area (Å²) in [6.07, 6.45) is 4.46. The molecule has 1 saturated carbocycles. The molecule has 0 spiro atoms. The second-order valence-corrected chi connectivity index (χ2v) is 3.74. The van der Waals surface area contributed by atoms with Gasteiger partial charge in [0.2, 0.25) is 0 Å². The smallest absolute Gasteiger partial charge is 0.144 e. The number of hydrogen-bond donors (Lipinski definition) is 1. The van der Waals surface area contributed by atoms with E-state index in [-0.39, 0.29) is 0 Å². The minimum Gasteiger partial charge on any atom is -0.495 e. The van der Waals surface area contributed by atoms with E-state index in [4.69, 9.17) is 4.74 Å². The van der Waals surface area contributed by atoms with Crippen LogP contribution in [0.3, 0.4) is 0 Å². The lowest BCUT2D eigenvalue weighted by Crippen LogP contribution is -2.16. The van der Waals surface area contributed by atoms with Gasteiger partial charge in [-0.25, -0.2) is 0 Å². The van der Waals surface area contributed by atoms with Crippen LogP contribution >= 0.6 is 0 Å². The van der Waals surface area contributed by atoms with Crippen LogP contribution in [0.15, 0.2) is 12.3 Å². The maximum Gasteiger partial charge on any atom is 0.144 e. The average molecular weight is 192 g/mol. The summed E-state index contributed by atoms with van der Waals surface area (Å²) in [5, 5.41) is 3.47. The first-order valence-electron chi connectivity index (χ1n) is 5.03. The van der Waals surface area contributed by atoms with Gasteiger partial charge in [-0.05, 0) is 25.8 Å². The lowest BCUT2D eigenvalue weighted by atomic mass is 10.2. The van der Waals surface area contributed by atoms with Crippen molar-refractivity contribution < 1.29 is 4.74 Å². The Morgan fingerprint density at radius 3 is 3.00 bits per heavy atom. The van der Waals surface area contributed by atoms with Crippen LogP contribution in [0.2, 0.25) is 0 Å². The van der Waals surface area contributed by atoms with Crippen molar-refractivity contribution in [2.75, 3.05) is 7.11 Å². The summed E-state index contributed by atoms with van der Waals surface area (Å²) in [4.78, 5) is 4.20.